The zero-order chi connectivity index (χ0) is 24.2. The van der Waals surface area contributed by atoms with E-state index in [0.29, 0.717) is 11.6 Å². The molecule has 0 aliphatic heterocycles. The van der Waals surface area contributed by atoms with E-state index in [1.807, 2.05) is 37.3 Å². The Bertz CT molecular complexity index is 1400. The fraction of sp³-hybridized carbons (Fsp3) is 0.125. The van der Waals surface area contributed by atoms with Crippen molar-refractivity contribution in [2.24, 2.45) is 0 Å². The van der Waals surface area contributed by atoms with E-state index in [1.54, 1.807) is 19.1 Å². The van der Waals surface area contributed by atoms with Crippen LogP contribution in [0, 0.1) is 17.0 Å². The van der Waals surface area contributed by atoms with E-state index in [0.717, 1.165) is 28.3 Å². The van der Waals surface area contributed by atoms with Crippen LogP contribution in [0.1, 0.15) is 22.8 Å². The van der Waals surface area contributed by atoms with Gasteiger partial charge in [-0.05, 0) is 80.2 Å². The molecule has 0 aliphatic carbocycles. The number of nitro benzene ring substituents is 1. The Morgan fingerprint density at radius 1 is 1.15 bits per heavy atom. The Balaban J connectivity index is 1.42. The Hall–Kier alpha value is -4.31. The first-order valence-electron chi connectivity index (χ1n) is 10.3. The lowest BCUT2D eigenvalue weighted by molar-refractivity contribution is -0.385. The summed E-state index contributed by atoms with van der Waals surface area (Å²) in [7, 11) is 0. The van der Waals surface area contributed by atoms with Crippen molar-refractivity contribution in [3.05, 3.63) is 81.9 Å². The first-order valence-corrected chi connectivity index (χ1v) is 10.8. The first kappa shape index (κ1) is 22.9. The van der Waals surface area contributed by atoms with Crippen LogP contribution in [0.25, 0.3) is 22.6 Å². The number of carbonyl (C=O) groups is 1. The number of aryl methyl sites for hydroxylation is 1. The van der Waals surface area contributed by atoms with Gasteiger partial charge in [0.05, 0.1) is 11.5 Å². The third-order valence-electron chi connectivity index (χ3n) is 4.88. The molecule has 0 fully saturated rings. The molecule has 0 atom stereocenters. The molecule has 0 saturated carbocycles. The van der Waals surface area contributed by atoms with Gasteiger partial charge in [-0.25, -0.2) is 4.98 Å². The van der Waals surface area contributed by atoms with E-state index < -0.39 is 10.8 Å². The van der Waals surface area contributed by atoms with Crippen molar-refractivity contribution in [1.82, 2.24) is 10.3 Å². The fourth-order valence-electron chi connectivity index (χ4n) is 3.27. The maximum atomic E-state index is 12.5. The number of benzene rings is 3. The predicted molar refractivity (Wildman–Crippen MR) is 132 cm³/mol. The summed E-state index contributed by atoms with van der Waals surface area (Å²) < 4.78 is 11.1. The maximum Gasteiger partial charge on any atom is 0.311 e. The molecule has 34 heavy (non-hydrogen) atoms. The number of thiocarbonyl (C=S) groups is 1. The number of nitro groups is 1. The lowest BCUT2D eigenvalue weighted by Gasteiger charge is -2.10. The normalized spacial score (nSPS) is 10.6. The highest BCUT2D eigenvalue weighted by molar-refractivity contribution is 7.80. The molecule has 0 aliphatic rings. The smallest absolute Gasteiger partial charge is 0.311 e. The molecule has 0 bridgehead atoms. The predicted octanol–water partition coefficient (Wildman–Crippen LogP) is 5.24. The van der Waals surface area contributed by atoms with Crippen LogP contribution in [0.4, 0.5) is 11.4 Å². The molecule has 3 aromatic carbocycles. The summed E-state index contributed by atoms with van der Waals surface area (Å²) in [5.74, 6) is 0.0149. The van der Waals surface area contributed by atoms with Gasteiger partial charge in [-0.3, -0.25) is 20.2 Å². The molecule has 172 valence electrons. The second-order valence-corrected chi connectivity index (χ2v) is 7.76. The number of nitrogens with one attached hydrogen (secondary N) is 2. The zero-order valence-corrected chi connectivity index (χ0v) is 19.1. The van der Waals surface area contributed by atoms with Gasteiger partial charge in [0, 0.05) is 22.9 Å². The van der Waals surface area contributed by atoms with Crippen molar-refractivity contribution < 1.29 is 18.9 Å². The molecule has 4 rings (SSSR count). The molecule has 1 heterocycles. The molecule has 2 N–H and O–H groups in total. The number of hydrogen-bond acceptors (Lipinski definition) is 7. The molecule has 0 saturated heterocycles. The van der Waals surface area contributed by atoms with Crippen LogP contribution in [0.15, 0.2) is 65.1 Å². The van der Waals surface area contributed by atoms with Crippen LogP contribution in [0.2, 0.25) is 0 Å². The van der Waals surface area contributed by atoms with Crippen molar-refractivity contribution >= 4 is 45.7 Å². The van der Waals surface area contributed by atoms with Crippen molar-refractivity contribution in [2.45, 2.75) is 13.8 Å². The first-order chi connectivity index (χ1) is 16.3. The quantitative estimate of drug-likeness (QED) is 0.220. The molecule has 1 aromatic heterocycles. The summed E-state index contributed by atoms with van der Waals surface area (Å²) in [6.07, 6.45) is 0. The topological polar surface area (TPSA) is 120 Å². The lowest BCUT2D eigenvalue weighted by Crippen LogP contribution is -2.34. The number of fused-ring (bicyclic) bond motifs is 1. The van der Waals surface area contributed by atoms with Crippen LogP contribution < -0.4 is 15.4 Å². The number of carbonyl (C=O) groups excluding carboxylic acids is 1. The monoisotopic (exact) mass is 476 g/mol. The lowest BCUT2D eigenvalue weighted by atomic mass is 10.1. The van der Waals surface area contributed by atoms with E-state index >= 15 is 0 Å². The molecule has 0 spiro atoms. The van der Waals surface area contributed by atoms with Gasteiger partial charge in [0.2, 0.25) is 5.89 Å². The van der Waals surface area contributed by atoms with Gasteiger partial charge in [-0.1, -0.05) is 6.07 Å². The summed E-state index contributed by atoms with van der Waals surface area (Å²) in [6, 6.07) is 17.0. The minimum atomic E-state index is -0.599. The van der Waals surface area contributed by atoms with Gasteiger partial charge in [-0.2, -0.15) is 0 Å². The Morgan fingerprint density at radius 2 is 1.91 bits per heavy atom. The van der Waals surface area contributed by atoms with E-state index in [4.69, 9.17) is 21.4 Å². The molecular formula is C24H20N4O5S. The van der Waals surface area contributed by atoms with Gasteiger partial charge in [-0.15, -0.1) is 0 Å². The van der Waals surface area contributed by atoms with Crippen molar-refractivity contribution in [3.8, 4) is 17.2 Å². The highest BCUT2D eigenvalue weighted by atomic mass is 32.1. The Morgan fingerprint density at radius 3 is 2.62 bits per heavy atom. The highest BCUT2D eigenvalue weighted by Gasteiger charge is 2.19. The summed E-state index contributed by atoms with van der Waals surface area (Å²) >= 11 is 5.21. The van der Waals surface area contributed by atoms with Crippen molar-refractivity contribution in [2.75, 3.05) is 11.9 Å². The van der Waals surface area contributed by atoms with Gasteiger partial charge in [0.1, 0.15) is 5.52 Å². The van der Waals surface area contributed by atoms with Crippen LogP contribution >= 0.6 is 12.2 Å². The number of rotatable bonds is 6. The minimum Gasteiger partial charge on any atom is -0.487 e. The average Bonchev–Trinajstić information content (AvgIpc) is 3.23. The number of amides is 1. The average molecular weight is 477 g/mol. The van der Waals surface area contributed by atoms with Crippen molar-refractivity contribution in [3.63, 3.8) is 0 Å². The number of oxazole rings is 1. The Kier molecular flexibility index (Phi) is 6.51. The molecule has 0 unspecified atom stereocenters. The number of hydrogen-bond donors (Lipinski definition) is 2. The molecule has 1 amide bonds. The van der Waals surface area contributed by atoms with Crippen LogP contribution in [-0.4, -0.2) is 27.5 Å². The summed E-state index contributed by atoms with van der Waals surface area (Å²) in [5.41, 5.74) is 3.80. The molecule has 0 radical (unpaired) electrons. The maximum absolute atomic E-state index is 12.5. The standard InChI is InChI=1S/C24H20N4O5S/c1-3-32-20-11-7-16(13-19(20)28(30)31)22(29)27-24(34)25-17-8-5-15(6-9-17)23-26-18-10-4-14(2)12-21(18)33-23/h4-13H,3H2,1-2H3,(H2,25,27,29,34). The highest BCUT2D eigenvalue weighted by Crippen LogP contribution is 2.28. The van der Waals surface area contributed by atoms with Gasteiger partial charge >= 0.3 is 5.69 Å². The van der Waals surface area contributed by atoms with E-state index in [-0.39, 0.29) is 28.7 Å². The van der Waals surface area contributed by atoms with Gasteiger partial charge in [0.25, 0.3) is 5.91 Å². The van der Waals surface area contributed by atoms with Crippen molar-refractivity contribution in [1.29, 1.82) is 0 Å². The fourth-order valence-corrected chi connectivity index (χ4v) is 3.48. The number of aromatic nitrogens is 1. The van der Waals surface area contributed by atoms with Crippen LogP contribution in [0.3, 0.4) is 0 Å². The zero-order valence-electron chi connectivity index (χ0n) is 18.3. The van der Waals surface area contributed by atoms with Crippen LogP contribution in [0.5, 0.6) is 5.75 Å². The van der Waals surface area contributed by atoms with E-state index in [1.165, 1.54) is 12.1 Å². The number of anilines is 1. The molecular weight excluding hydrogens is 456 g/mol. The van der Waals surface area contributed by atoms with Gasteiger partial charge in [0.15, 0.2) is 16.4 Å². The number of ether oxygens (including phenoxy) is 1. The number of nitrogens with zero attached hydrogens (tertiary/aromatic N) is 2. The summed E-state index contributed by atoms with van der Waals surface area (Å²) in [4.78, 5) is 27.7. The molecule has 4 aromatic rings. The Labute approximate surface area is 199 Å². The molecule has 9 nitrogen and oxygen atoms in total. The van der Waals surface area contributed by atoms with E-state index in [9.17, 15) is 14.9 Å². The second kappa shape index (κ2) is 9.67. The summed E-state index contributed by atoms with van der Waals surface area (Å²) in [5, 5.41) is 16.8. The van der Waals surface area contributed by atoms with E-state index in [2.05, 4.69) is 15.6 Å². The minimum absolute atomic E-state index is 0.0478. The summed E-state index contributed by atoms with van der Waals surface area (Å²) in [6.45, 7) is 3.97. The third kappa shape index (κ3) is 5.02. The second-order valence-electron chi connectivity index (χ2n) is 7.35. The molecule has 10 heteroatoms. The largest absolute Gasteiger partial charge is 0.487 e. The van der Waals surface area contributed by atoms with Gasteiger partial charge < -0.3 is 14.5 Å². The SMILES string of the molecule is CCOc1ccc(C(=O)NC(=S)Nc2ccc(-c3nc4ccc(C)cc4o3)cc2)cc1[N+](=O)[O-]. The third-order valence-corrected chi connectivity index (χ3v) is 5.08. The van der Waals surface area contributed by atoms with Crippen LogP contribution in [-0.2, 0) is 0 Å².